The molecule has 0 aromatic heterocycles. The Bertz CT molecular complexity index is 362. The van der Waals surface area contributed by atoms with Gasteiger partial charge in [-0.15, -0.1) is 0 Å². The number of rotatable bonds is 4. The number of ether oxygens (including phenoxy) is 2. The zero-order valence-corrected chi connectivity index (χ0v) is 14.0. The van der Waals surface area contributed by atoms with Crippen molar-refractivity contribution in [3.63, 3.8) is 0 Å². The second kappa shape index (κ2) is 7.66. The van der Waals surface area contributed by atoms with Gasteiger partial charge < -0.3 is 9.47 Å². The van der Waals surface area contributed by atoms with Crippen LogP contribution in [0.3, 0.4) is 0 Å². The number of methoxy groups -OCH3 is 1. The third-order valence-corrected chi connectivity index (χ3v) is 3.71. The number of carbonyl (C=O) groups is 2. The van der Waals surface area contributed by atoms with Gasteiger partial charge in [0.1, 0.15) is 11.6 Å². The topological polar surface area (TPSA) is 55.8 Å². The van der Waals surface area contributed by atoms with E-state index in [1.807, 2.05) is 20.8 Å². The zero-order chi connectivity index (χ0) is 16.0. The summed E-state index contributed by atoms with van der Waals surface area (Å²) >= 11 is 0. The number of hydrogen-bond acceptors (Lipinski definition) is 4. The van der Waals surface area contributed by atoms with Gasteiger partial charge in [0.25, 0.3) is 0 Å². The van der Waals surface area contributed by atoms with Crippen LogP contribution in [0.25, 0.3) is 0 Å². The average Bonchev–Trinajstić information content (AvgIpc) is 2.41. The molecule has 0 spiro atoms. The summed E-state index contributed by atoms with van der Waals surface area (Å²) in [6.07, 6.45) is 5.12. The van der Waals surface area contributed by atoms with Crippen LogP contribution in [0.5, 0.6) is 0 Å². The SMILES string of the molecule is CCCC[C@H]1CCC[C@H](C(=O)OC)N1C(=O)OC(C)(C)C. The highest BCUT2D eigenvalue weighted by Gasteiger charge is 2.40. The van der Waals surface area contributed by atoms with Crippen LogP contribution in [-0.2, 0) is 14.3 Å². The summed E-state index contributed by atoms with van der Waals surface area (Å²) in [5, 5.41) is 0. The standard InChI is InChI=1S/C16H29NO4/c1-6-7-9-12-10-8-11-13(14(18)20-5)17(12)15(19)21-16(2,3)4/h12-13H,6-11H2,1-5H3/t12-,13+/m0/s1. The van der Waals surface area contributed by atoms with E-state index in [4.69, 9.17) is 9.47 Å². The predicted octanol–water partition coefficient (Wildman–Crippen LogP) is 3.51. The molecule has 0 aromatic carbocycles. The van der Waals surface area contributed by atoms with Gasteiger partial charge in [-0.3, -0.25) is 4.90 Å². The third-order valence-electron chi connectivity index (χ3n) is 3.71. The summed E-state index contributed by atoms with van der Waals surface area (Å²) < 4.78 is 10.4. The van der Waals surface area contributed by atoms with Gasteiger partial charge in [0, 0.05) is 6.04 Å². The summed E-state index contributed by atoms with van der Waals surface area (Å²) in [5.74, 6) is -0.345. The molecule has 1 amide bonds. The Morgan fingerprint density at radius 2 is 1.90 bits per heavy atom. The quantitative estimate of drug-likeness (QED) is 0.745. The Hall–Kier alpha value is -1.26. The Morgan fingerprint density at radius 3 is 2.43 bits per heavy atom. The summed E-state index contributed by atoms with van der Waals surface area (Å²) in [6.45, 7) is 7.63. The maximum atomic E-state index is 12.5. The number of esters is 1. The highest BCUT2D eigenvalue weighted by atomic mass is 16.6. The molecule has 5 nitrogen and oxygen atoms in total. The van der Waals surface area contributed by atoms with E-state index >= 15 is 0 Å². The largest absolute Gasteiger partial charge is 0.467 e. The molecule has 1 saturated heterocycles. The summed E-state index contributed by atoms with van der Waals surface area (Å²) in [6, 6.07) is -0.446. The lowest BCUT2D eigenvalue weighted by atomic mass is 9.92. The van der Waals surface area contributed by atoms with E-state index in [0.717, 1.165) is 32.1 Å². The van der Waals surface area contributed by atoms with Crippen molar-refractivity contribution in [3.8, 4) is 0 Å². The van der Waals surface area contributed by atoms with Crippen molar-refractivity contribution in [2.75, 3.05) is 7.11 Å². The van der Waals surface area contributed by atoms with Crippen molar-refractivity contribution < 1.29 is 19.1 Å². The minimum absolute atomic E-state index is 0.0673. The minimum Gasteiger partial charge on any atom is -0.467 e. The fourth-order valence-electron chi connectivity index (χ4n) is 2.76. The minimum atomic E-state index is -0.565. The second-order valence-corrected chi connectivity index (χ2v) is 6.65. The van der Waals surface area contributed by atoms with E-state index in [9.17, 15) is 9.59 Å². The van der Waals surface area contributed by atoms with Crippen LogP contribution >= 0.6 is 0 Å². The van der Waals surface area contributed by atoms with Crippen molar-refractivity contribution in [2.24, 2.45) is 0 Å². The van der Waals surface area contributed by atoms with Gasteiger partial charge >= 0.3 is 12.1 Å². The summed E-state index contributed by atoms with van der Waals surface area (Å²) in [4.78, 5) is 26.1. The summed E-state index contributed by atoms with van der Waals surface area (Å²) in [5.41, 5.74) is -0.565. The van der Waals surface area contributed by atoms with Crippen LogP contribution in [0.1, 0.15) is 66.2 Å². The van der Waals surface area contributed by atoms with E-state index in [0.29, 0.717) is 6.42 Å². The molecule has 0 unspecified atom stereocenters. The van der Waals surface area contributed by atoms with E-state index in [1.165, 1.54) is 7.11 Å². The lowest BCUT2D eigenvalue weighted by Crippen LogP contribution is -2.54. The fourth-order valence-corrected chi connectivity index (χ4v) is 2.76. The molecule has 0 aromatic rings. The van der Waals surface area contributed by atoms with Gasteiger partial charge in [-0.1, -0.05) is 19.8 Å². The third kappa shape index (κ3) is 5.21. The Kier molecular flexibility index (Phi) is 6.49. The van der Waals surface area contributed by atoms with Crippen LogP contribution in [0.2, 0.25) is 0 Å². The van der Waals surface area contributed by atoms with E-state index in [-0.39, 0.29) is 12.0 Å². The molecule has 122 valence electrons. The van der Waals surface area contributed by atoms with Crippen LogP contribution in [0.15, 0.2) is 0 Å². The molecule has 5 heteroatoms. The van der Waals surface area contributed by atoms with Crippen molar-refractivity contribution >= 4 is 12.1 Å². The Labute approximate surface area is 128 Å². The molecule has 1 aliphatic rings. The van der Waals surface area contributed by atoms with Crippen molar-refractivity contribution in [1.29, 1.82) is 0 Å². The van der Waals surface area contributed by atoms with Crippen molar-refractivity contribution in [3.05, 3.63) is 0 Å². The monoisotopic (exact) mass is 299 g/mol. The normalized spacial score (nSPS) is 22.8. The Balaban J connectivity index is 2.92. The van der Waals surface area contributed by atoms with Crippen LogP contribution < -0.4 is 0 Å². The fraction of sp³-hybridized carbons (Fsp3) is 0.875. The number of nitrogens with zero attached hydrogens (tertiary/aromatic N) is 1. The number of likely N-dealkylation sites (tertiary alicyclic amines) is 1. The molecule has 1 aliphatic heterocycles. The molecule has 2 atom stereocenters. The first-order valence-corrected chi connectivity index (χ1v) is 7.89. The molecule has 0 aliphatic carbocycles. The van der Waals surface area contributed by atoms with Crippen molar-refractivity contribution in [1.82, 2.24) is 4.90 Å². The van der Waals surface area contributed by atoms with Gasteiger partial charge in [0.2, 0.25) is 0 Å². The molecule has 1 fully saturated rings. The number of unbranched alkanes of at least 4 members (excludes halogenated alkanes) is 1. The Morgan fingerprint density at radius 1 is 1.24 bits per heavy atom. The molecular formula is C16H29NO4. The predicted molar refractivity (Wildman–Crippen MR) is 81.0 cm³/mol. The molecular weight excluding hydrogens is 270 g/mol. The van der Waals surface area contributed by atoms with Crippen LogP contribution in [0, 0.1) is 0 Å². The van der Waals surface area contributed by atoms with Crippen LogP contribution in [0.4, 0.5) is 4.79 Å². The average molecular weight is 299 g/mol. The maximum Gasteiger partial charge on any atom is 0.411 e. The van der Waals surface area contributed by atoms with E-state index in [1.54, 1.807) is 4.90 Å². The first-order valence-electron chi connectivity index (χ1n) is 7.89. The highest BCUT2D eigenvalue weighted by molar-refractivity contribution is 5.82. The molecule has 1 rings (SSSR count). The molecule has 0 N–H and O–H groups in total. The zero-order valence-electron chi connectivity index (χ0n) is 14.0. The highest BCUT2D eigenvalue weighted by Crippen LogP contribution is 2.29. The van der Waals surface area contributed by atoms with Gasteiger partial charge in [0.05, 0.1) is 7.11 Å². The molecule has 21 heavy (non-hydrogen) atoms. The molecule has 0 bridgehead atoms. The smallest absolute Gasteiger partial charge is 0.411 e. The second-order valence-electron chi connectivity index (χ2n) is 6.65. The van der Waals surface area contributed by atoms with Crippen LogP contribution in [-0.4, -0.2) is 41.8 Å². The summed E-state index contributed by atoms with van der Waals surface area (Å²) in [7, 11) is 1.37. The van der Waals surface area contributed by atoms with Gasteiger partial charge in [-0.25, -0.2) is 9.59 Å². The number of carbonyl (C=O) groups excluding carboxylic acids is 2. The molecule has 0 saturated carbocycles. The van der Waals surface area contributed by atoms with E-state index in [2.05, 4.69) is 6.92 Å². The first-order chi connectivity index (χ1) is 9.80. The number of hydrogen-bond donors (Lipinski definition) is 0. The lowest BCUT2D eigenvalue weighted by molar-refractivity contribution is -0.149. The van der Waals surface area contributed by atoms with Gasteiger partial charge in [0.15, 0.2) is 0 Å². The lowest BCUT2D eigenvalue weighted by Gasteiger charge is -2.41. The van der Waals surface area contributed by atoms with Gasteiger partial charge in [-0.05, 0) is 46.5 Å². The number of piperidine rings is 1. The maximum absolute atomic E-state index is 12.5. The molecule has 1 heterocycles. The molecule has 0 radical (unpaired) electrons. The van der Waals surface area contributed by atoms with E-state index < -0.39 is 17.7 Å². The van der Waals surface area contributed by atoms with Crippen molar-refractivity contribution in [2.45, 2.75) is 83.9 Å². The van der Waals surface area contributed by atoms with Gasteiger partial charge in [-0.2, -0.15) is 0 Å². The number of amides is 1. The first kappa shape index (κ1) is 17.8.